The van der Waals surface area contributed by atoms with Crippen LogP contribution >= 0.6 is 0 Å². The maximum atomic E-state index is 14.1. The molecule has 0 fully saturated rings. The van der Waals surface area contributed by atoms with E-state index in [0.717, 1.165) is 0 Å². The van der Waals surface area contributed by atoms with Gasteiger partial charge < -0.3 is 16.0 Å². The molecular weight excluding hydrogens is 357 g/mol. The molecule has 0 saturated carbocycles. The molecule has 136 valence electrons. The molecular formula is C17H18FN5O2S. The first-order valence-corrected chi connectivity index (χ1v) is 9.24. The van der Waals surface area contributed by atoms with Crippen molar-refractivity contribution in [3.05, 3.63) is 66.6 Å². The lowest BCUT2D eigenvalue weighted by Crippen LogP contribution is -2.45. The highest BCUT2D eigenvalue weighted by Crippen LogP contribution is 2.25. The second-order valence-electron chi connectivity index (χ2n) is 5.49. The maximum absolute atomic E-state index is 14.1. The lowest BCUT2D eigenvalue weighted by Gasteiger charge is -2.32. The third-order valence-electron chi connectivity index (χ3n) is 3.71. The van der Waals surface area contributed by atoms with E-state index >= 15 is 0 Å². The molecule has 0 spiro atoms. The fraction of sp³-hybridized carbons (Fsp3) is 0.118. The summed E-state index contributed by atoms with van der Waals surface area (Å²) in [6.45, 7) is 0. The van der Waals surface area contributed by atoms with Crippen molar-refractivity contribution >= 4 is 27.7 Å². The highest BCUT2D eigenvalue weighted by molar-refractivity contribution is 7.89. The van der Waals surface area contributed by atoms with Gasteiger partial charge in [0, 0.05) is 18.0 Å². The molecule has 4 N–H and O–H groups in total. The highest BCUT2D eigenvalue weighted by atomic mass is 32.2. The number of halogens is 1. The molecule has 2 aromatic carbocycles. The largest absolute Gasteiger partial charge is 0.353 e. The molecule has 1 heterocycles. The molecule has 2 aromatic rings. The second-order valence-corrected chi connectivity index (χ2v) is 7.38. The smallest absolute Gasteiger partial charge is 0.240 e. The molecule has 1 unspecified atom stereocenters. The van der Waals surface area contributed by atoms with Crippen LogP contribution in [-0.4, -0.2) is 27.6 Å². The molecule has 0 amide bonds. The summed E-state index contributed by atoms with van der Waals surface area (Å²) in [5.74, 6) is -1.61. The second kappa shape index (κ2) is 7.14. The van der Waals surface area contributed by atoms with Crippen molar-refractivity contribution in [3.8, 4) is 0 Å². The Labute approximate surface area is 151 Å². The Bertz CT molecular complexity index is 947. The molecule has 9 heteroatoms. The van der Waals surface area contributed by atoms with E-state index in [9.17, 15) is 12.8 Å². The first kappa shape index (κ1) is 17.9. The van der Waals surface area contributed by atoms with Crippen LogP contribution in [0.3, 0.4) is 0 Å². The van der Waals surface area contributed by atoms with Crippen LogP contribution in [0.1, 0.15) is 0 Å². The van der Waals surface area contributed by atoms with Gasteiger partial charge in [-0.25, -0.2) is 22.5 Å². The number of nitrogens with zero attached hydrogens (tertiary/aromatic N) is 1. The summed E-state index contributed by atoms with van der Waals surface area (Å²) in [7, 11) is -2.24. The normalized spacial score (nSPS) is 19.0. The summed E-state index contributed by atoms with van der Waals surface area (Å²) < 4.78 is 40.3. The highest BCUT2D eigenvalue weighted by Gasteiger charge is 2.28. The van der Waals surface area contributed by atoms with Crippen molar-refractivity contribution in [2.45, 2.75) is 10.7 Å². The maximum Gasteiger partial charge on any atom is 0.240 e. The number of benzene rings is 2. The van der Waals surface area contributed by atoms with E-state index in [1.807, 2.05) is 0 Å². The Morgan fingerprint density at radius 1 is 1.12 bits per heavy atom. The van der Waals surface area contributed by atoms with E-state index in [1.54, 1.807) is 42.6 Å². The summed E-state index contributed by atoms with van der Waals surface area (Å²) in [4.78, 5) is 4.43. The predicted octanol–water partition coefficient (Wildman–Crippen LogP) is 2.06. The zero-order valence-electron chi connectivity index (χ0n) is 13.9. The average Bonchev–Trinajstić information content (AvgIpc) is 2.64. The fourth-order valence-electron chi connectivity index (χ4n) is 2.42. The number of sulfonamides is 1. The van der Waals surface area contributed by atoms with Gasteiger partial charge in [-0.05, 0) is 37.4 Å². The minimum atomic E-state index is -3.59. The minimum absolute atomic E-state index is 0.105. The van der Waals surface area contributed by atoms with Crippen LogP contribution in [0.5, 0.6) is 0 Å². The van der Waals surface area contributed by atoms with Crippen molar-refractivity contribution in [1.29, 1.82) is 0 Å². The van der Waals surface area contributed by atoms with Gasteiger partial charge in [0.2, 0.25) is 15.8 Å². The SMILES string of the molecule is CNS(=O)(=O)c1cccc(NC2(Nc3ccccc3F)C=CNC=N2)c1. The standard InChI is InChI=1S/C17H18FN5O2S/c1-19-26(24,25)14-6-4-5-13(11-14)22-17(9-10-20-12-21-17)23-16-8-3-2-7-15(16)18/h2-12,19,22-23H,1H3,(H,20,21). The molecule has 26 heavy (non-hydrogen) atoms. The van der Waals surface area contributed by atoms with Crippen LogP contribution in [0, 0.1) is 5.82 Å². The Hall–Kier alpha value is -2.91. The molecule has 1 atom stereocenters. The van der Waals surface area contributed by atoms with Gasteiger partial charge in [-0.15, -0.1) is 0 Å². The number of rotatable bonds is 6. The van der Waals surface area contributed by atoms with E-state index in [4.69, 9.17) is 0 Å². The van der Waals surface area contributed by atoms with Crippen LogP contribution in [0.2, 0.25) is 0 Å². The van der Waals surface area contributed by atoms with E-state index in [2.05, 4.69) is 25.7 Å². The van der Waals surface area contributed by atoms with Crippen molar-refractivity contribution in [3.63, 3.8) is 0 Å². The number of aliphatic imine (C=N–C) groups is 1. The third-order valence-corrected chi connectivity index (χ3v) is 5.12. The average molecular weight is 375 g/mol. The Balaban J connectivity index is 1.94. The van der Waals surface area contributed by atoms with Gasteiger partial charge in [0.25, 0.3) is 0 Å². The Morgan fingerprint density at radius 2 is 1.92 bits per heavy atom. The van der Waals surface area contributed by atoms with Gasteiger partial charge in [-0.3, -0.25) is 0 Å². The van der Waals surface area contributed by atoms with E-state index < -0.39 is 21.6 Å². The van der Waals surface area contributed by atoms with E-state index in [0.29, 0.717) is 5.69 Å². The van der Waals surface area contributed by atoms with E-state index in [1.165, 1.54) is 31.6 Å². The summed E-state index contributed by atoms with van der Waals surface area (Å²) >= 11 is 0. The van der Waals surface area contributed by atoms with Crippen molar-refractivity contribution in [2.24, 2.45) is 4.99 Å². The number of hydrogen-bond acceptors (Lipinski definition) is 6. The van der Waals surface area contributed by atoms with Gasteiger partial charge in [0.1, 0.15) is 5.82 Å². The van der Waals surface area contributed by atoms with Gasteiger partial charge in [-0.1, -0.05) is 18.2 Å². The lowest BCUT2D eigenvalue weighted by molar-refractivity contribution is 0.588. The molecule has 0 aliphatic carbocycles. The summed E-state index contributed by atoms with van der Waals surface area (Å²) in [6.07, 6.45) is 4.76. The van der Waals surface area contributed by atoms with Crippen LogP contribution in [0.25, 0.3) is 0 Å². The molecule has 1 aliphatic rings. The van der Waals surface area contributed by atoms with Crippen LogP contribution in [-0.2, 0) is 10.0 Å². The Kier molecular flexibility index (Phi) is 4.92. The summed E-state index contributed by atoms with van der Waals surface area (Å²) in [5.41, 5.74) is 0.747. The Morgan fingerprint density at radius 3 is 2.62 bits per heavy atom. The topological polar surface area (TPSA) is 94.6 Å². The van der Waals surface area contributed by atoms with Crippen LogP contribution < -0.4 is 20.7 Å². The van der Waals surface area contributed by atoms with Gasteiger partial charge >= 0.3 is 0 Å². The number of anilines is 2. The fourth-order valence-corrected chi connectivity index (χ4v) is 3.20. The first-order valence-electron chi connectivity index (χ1n) is 7.76. The quantitative estimate of drug-likeness (QED) is 0.580. The van der Waals surface area contributed by atoms with Gasteiger partial charge in [0.05, 0.1) is 16.9 Å². The van der Waals surface area contributed by atoms with Crippen molar-refractivity contribution in [1.82, 2.24) is 10.0 Å². The van der Waals surface area contributed by atoms with Crippen molar-refractivity contribution in [2.75, 3.05) is 17.7 Å². The number of hydrogen-bond donors (Lipinski definition) is 4. The zero-order valence-corrected chi connectivity index (χ0v) is 14.7. The molecule has 3 rings (SSSR count). The van der Waals surface area contributed by atoms with Crippen LogP contribution in [0.15, 0.2) is 70.7 Å². The third kappa shape index (κ3) is 3.84. The monoisotopic (exact) mass is 375 g/mol. The van der Waals surface area contributed by atoms with Gasteiger partial charge in [0.15, 0.2) is 0 Å². The summed E-state index contributed by atoms with van der Waals surface area (Å²) in [5, 5.41) is 8.94. The van der Waals surface area contributed by atoms with Crippen LogP contribution in [0.4, 0.5) is 15.8 Å². The minimum Gasteiger partial charge on any atom is -0.353 e. The molecule has 0 saturated heterocycles. The zero-order chi connectivity index (χ0) is 18.6. The van der Waals surface area contributed by atoms with Crippen molar-refractivity contribution < 1.29 is 12.8 Å². The molecule has 0 radical (unpaired) electrons. The molecule has 0 bridgehead atoms. The number of para-hydroxylation sites is 1. The number of nitrogens with one attached hydrogen (secondary N) is 4. The summed E-state index contributed by atoms with van der Waals surface area (Å²) in [6, 6.07) is 12.5. The van der Waals surface area contributed by atoms with Gasteiger partial charge in [-0.2, -0.15) is 0 Å². The molecule has 7 nitrogen and oxygen atoms in total. The predicted molar refractivity (Wildman–Crippen MR) is 99.8 cm³/mol. The molecule has 0 aromatic heterocycles. The van der Waals surface area contributed by atoms with E-state index in [-0.39, 0.29) is 10.6 Å². The first-order chi connectivity index (χ1) is 12.4. The molecule has 1 aliphatic heterocycles. The lowest BCUT2D eigenvalue weighted by atomic mass is 10.2.